The highest BCUT2D eigenvalue weighted by molar-refractivity contribution is 6.30. The molecule has 0 fully saturated rings. The second-order valence-electron chi connectivity index (χ2n) is 2.71. The van der Waals surface area contributed by atoms with Gasteiger partial charge in [-0.25, -0.2) is 0 Å². The lowest BCUT2D eigenvalue weighted by atomic mass is 10.3. The third-order valence-electron chi connectivity index (χ3n) is 1.75. The van der Waals surface area contributed by atoms with Gasteiger partial charge in [0.05, 0.1) is 6.54 Å². The fraction of sp³-hybridized carbons (Fsp3) is 0.0909. The molecular weight excluding hydrogens is 190 g/mol. The zero-order valence-corrected chi connectivity index (χ0v) is 8.00. The first-order valence-corrected chi connectivity index (χ1v) is 4.27. The lowest BCUT2D eigenvalue weighted by Gasteiger charge is -2.15. The number of carbonyl (C=O) groups excluding carboxylic acids is 1. The first-order chi connectivity index (χ1) is 7.29. The molecular formula is C11H9N3O. The van der Waals surface area contributed by atoms with Crippen molar-refractivity contribution in [3.63, 3.8) is 0 Å². The van der Waals surface area contributed by atoms with Crippen LogP contribution in [0, 0.1) is 12.3 Å². The van der Waals surface area contributed by atoms with Crippen molar-refractivity contribution in [3.05, 3.63) is 35.9 Å². The molecule has 0 heterocycles. The van der Waals surface area contributed by atoms with Crippen LogP contribution >= 0.6 is 0 Å². The van der Waals surface area contributed by atoms with E-state index in [1.807, 2.05) is 6.07 Å². The molecule has 15 heavy (non-hydrogen) atoms. The van der Waals surface area contributed by atoms with Gasteiger partial charge in [-0.15, -0.1) is 6.42 Å². The maximum absolute atomic E-state index is 11.5. The van der Waals surface area contributed by atoms with Gasteiger partial charge in [-0.1, -0.05) is 24.1 Å². The zero-order chi connectivity index (χ0) is 11.1. The van der Waals surface area contributed by atoms with Crippen LogP contribution in [0.25, 0.3) is 5.53 Å². The number of anilines is 1. The van der Waals surface area contributed by atoms with Crippen LogP contribution in [0.15, 0.2) is 30.3 Å². The van der Waals surface area contributed by atoms with Gasteiger partial charge in [0.2, 0.25) is 0 Å². The van der Waals surface area contributed by atoms with Crippen molar-refractivity contribution < 1.29 is 9.58 Å². The maximum atomic E-state index is 11.5. The fourth-order valence-electron chi connectivity index (χ4n) is 1.11. The Hall–Kier alpha value is -2.37. The number of para-hydroxylation sites is 1. The Morgan fingerprint density at radius 2 is 2.20 bits per heavy atom. The normalized spacial score (nSPS) is 8.47. The summed E-state index contributed by atoms with van der Waals surface area (Å²) in [5.41, 5.74) is 8.94. The highest BCUT2D eigenvalue weighted by Gasteiger charge is 2.15. The van der Waals surface area contributed by atoms with Crippen LogP contribution in [-0.4, -0.2) is 23.5 Å². The molecule has 0 aliphatic carbocycles. The second kappa shape index (κ2) is 5.38. The van der Waals surface area contributed by atoms with Crippen molar-refractivity contribution in [2.24, 2.45) is 0 Å². The van der Waals surface area contributed by atoms with E-state index >= 15 is 0 Å². The molecule has 0 saturated heterocycles. The minimum Gasteiger partial charge on any atom is -0.361 e. The Labute approximate surface area is 87.8 Å². The van der Waals surface area contributed by atoms with Crippen molar-refractivity contribution in [1.82, 2.24) is 0 Å². The predicted octanol–water partition coefficient (Wildman–Crippen LogP) is 0.953. The van der Waals surface area contributed by atoms with Gasteiger partial charge >= 0.3 is 12.1 Å². The molecule has 0 aliphatic rings. The number of terminal acetylenes is 1. The molecule has 0 aromatic heterocycles. The summed E-state index contributed by atoms with van der Waals surface area (Å²) in [6.07, 6.45) is 5.96. The summed E-state index contributed by atoms with van der Waals surface area (Å²) in [7, 11) is 0. The van der Waals surface area contributed by atoms with Crippen LogP contribution in [0.5, 0.6) is 0 Å². The molecule has 0 aliphatic heterocycles. The van der Waals surface area contributed by atoms with E-state index in [0.717, 1.165) is 6.21 Å². The largest absolute Gasteiger partial charge is 0.361 e. The van der Waals surface area contributed by atoms with Crippen LogP contribution < -0.4 is 4.90 Å². The van der Waals surface area contributed by atoms with E-state index in [4.69, 9.17) is 12.0 Å². The molecule has 0 saturated carbocycles. The van der Waals surface area contributed by atoms with Crippen molar-refractivity contribution in [2.75, 3.05) is 11.4 Å². The molecule has 1 amide bonds. The van der Waals surface area contributed by atoms with Crippen molar-refractivity contribution in [3.8, 4) is 12.3 Å². The summed E-state index contributed by atoms with van der Waals surface area (Å²) in [6, 6.07) is 8.92. The molecule has 0 unspecified atom stereocenters. The highest BCUT2D eigenvalue weighted by atomic mass is 16.2. The monoisotopic (exact) mass is 199 g/mol. The van der Waals surface area contributed by atoms with Crippen molar-refractivity contribution in [2.45, 2.75) is 0 Å². The number of hydrogen-bond acceptors (Lipinski definition) is 1. The summed E-state index contributed by atoms with van der Waals surface area (Å²) in [6.45, 7) is 0.134. The quantitative estimate of drug-likeness (QED) is 0.309. The number of benzene rings is 1. The molecule has 4 nitrogen and oxygen atoms in total. The first kappa shape index (κ1) is 10.7. The van der Waals surface area contributed by atoms with Gasteiger partial charge in [0.1, 0.15) is 0 Å². The Bertz CT molecular complexity index is 427. The van der Waals surface area contributed by atoms with Gasteiger partial charge in [-0.05, 0) is 12.1 Å². The van der Waals surface area contributed by atoms with Crippen LogP contribution in [0.2, 0.25) is 0 Å². The Morgan fingerprint density at radius 3 is 2.73 bits per heavy atom. The molecule has 0 atom stereocenters. The third kappa shape index (κ3) is 2.80. The molecule has 0 bridgehead atoms. The van der Waals surface area contributed by atoms with E-state index < -0.39 is 5.91 Å². The van der Waals surface area contributed by atoms with E-state index in [0.29, 0.717) is 5.69 Å². The van der Waals surface area contributed by atoms with E-state index in [2.05, 4.69) is 10.7 Å². The fourth-order valence-corrected chi connectivity index (χ4v) is 1.11. The molecule has 0 N–H and O–H groups in total. The smallest absolute Gasteiger partial charge is 0.345 e. The van der Waals surface area contributed by atoms with Gasteiger partial charge in [-0.2, -0.15) is 4.79 Å². The molecule has 1 rings (SSSR count). The number of hydrogen-bond donors (Lipinski definition) is 0. The lowest BCUT2D eigenvalue weighted by molar-refractivity contribution is -0.115. The van der Waals surface area contributed by atoms with Crippen LogP contribution in [0.4, 0.5) is 5.69 Å². The SMILES string of the molecule is C#CCN(C(=O)C=[N+]=[N-])c1ccccc1. The van der Waals surface area contributed by atoms with E-state index in [1.165, 1.54) is 4.90 Å². The van der Waals surface area contributed by atoms with E-state index in [1.54, 1.807) is 24.3 Å². The van der Waals surface area contributed by atoms with Crippen LogP contribution in [0.1, 0.15) is 0 Å². The molecule has 0 spiro atoms. The average Bonchev–Trinajstić information content (AvgIpc) is 2.27. The van der Waals surface area contributed by atoms with Gasteiger partial charge in [0.25, 0.3) is 0 Å². The summed E-state index contributed by atoms with van der Waals surface area (Å²) in [5, 5.41) is 0. The Balaban J connectivity index is 2.99. The predicted molar refractivity (Wildman–Crippen MR) is 57.3 cm³/mol. The Morgan fingerprint density at radius 1 is 1.53 bits per heavy atom. The lowest BCUT2D eigenvalue weighted by Crippen LogP contribution is -2.32. The Kier molecular flexibility index (Phi) is 3.84. The van der Waals surface area contributed by atoms with E-state index in [-0.39, 0.29) is 6.54 Å². The highest BCUT2D eigenvalue weighted by Crippen LogP contribution is 2.11. The zero-order valence-electron chi connectivity index (χ0n) is 8.00. The summed E-state index contributed by atoms with van der Waals surface area (Å²) >= 11 is 0. The van der Waals surface area contributed by atoms with Gasteiger partial charge in [0, 0.05) is 5.69 Å². The number of carbonyl (C=O) groups is 1. The number of amides is 1. The topological polar surface area (TPSA) is 56.7 Å². The molecule has 1 aromatic carbocycles. The number of rotatable bonds is 3. The third-order valence-corrected chi connectivity index (χ3v) is 1.75. The molecule has 4 heteroatoms. The van der Waals surface area contributed by atoms with E-state index in [9.17, 15) is 4.79 Å². The van der Waals surface area contributed by atoms with Gasteiger partial charge in [0.15, 0.2) is 0 Å². The molecule has 0 radical (unpaired) electrons. The summed E-state index contributed by atoms with van der Waals surface area (Å²) in [5.74, 6) is 1.91. The summed E-state index contributed by atoms with van der Waals surface area (Å²) in [4.78, 5) is 15.5. The molecule has 1 aromatic rings. The minimum atomic E-state index is -0.457. The van der Waals surface area contributed by atoms with Crippen molar-refractivity contribution >= 4 is 17.8 Å². The van der Waals surface area contributed by atoms with Crippen LogP contribution in [-0.2, 0) is 4.79 Å². The van der Waals surface area contributed by atoms with Gasteiger partial charge < -0.3 is 5.53 Å². The average molecular weight is 199 g/mol. The number of nitrogens with zero attached hydrogens (tertiary/aromatic N) is 3. The van der Waals surface area contributed by atoms with Crippen molar-refractivity contribution in [1.29, 1.82) is 0 Å². The maximum Gasteiger partial charge on any atom is 0.345 e. The standard InChI is InChI=1S/C11H9N3O/c1-2-8-14(11(15)9-13-12)10-6-4-3-5-7-10/h1,3-7,9H,8H2. The molecule has 74 valence electrons. The first-order valence-electron chi connectivity index (χ1n) is 4.27. The second-order valence-corrected chi connectivity index (χ2v) is 2.71. The van der Waals surface area contributed by atoms with Crippen LogP contribution in [0.3, 0.4) is 0 Å². The van der Waals surface area contributed by atoms with Gasteiger partial charge in [-0.3, -0.25) is 9.69 Å². The summed E-state index contributed by atoms with van der Waals surface area (Å²) < 4.78 is 0. The minimum absolute atomic E-state index is 0.134.